The molecule has 0 fully saturated rings. The van der Waals surface area contributed by atoms with Crippen LogP contribution in [0.25, 0.3) is 0 Å². The highest BCUT2D eigenvalue weighted by atomic mass is 35.5. The van der Waals surface area contributed by atoms with Crippen molar-refractivity contribution in [3.05, 3.63) is 64.2 Å². The second-order valence-corrected chi connectivity index (χ2v) is 5.47. The van der Waals surface area contributed by atoms with Crippen LogP contribution in [0.4, 0.5) is 0 Å². The summed E-state index contributed by atoms with van der Waals surface area (Å²) in [5, 5.41) is 9.96. The second kappa shape index (κ2) is 6.48. The van der Waals surface area contributed by atoms with Crippen LogP contribution in [0.5, 0.6) is 5.75 Å². The van der Waals surface area contributed by atoms with Crippen molar-refractivity contribution < 1.29 is 14.6 Å². The zero-order valence-electron chi connectivity index (χ0n) is 11.6. The first-order chi connectivity index (χ1) is 10.3. The highest BCUT2D eigenvalue weighted by Crippen LogP contribution is 2.29. The summed E-state index contributed by atoms with van der Waals surface area (Å²) in [6.07, 6.45) is 0.868. The Morgan fingerprint density at radius 1 is 1.24 bits per heavy atom. The third kappa shape index (κ3) is 3.21. The highest BCUT2D eigenvalue weighted by Gasteiger charge is 2.21. The lowest BCUT2D eigenvalue weighted by molar-refractivity contribution is 0.00974. The van der Waals surface area contributed by atoms with E-state index < -0.39 is 0 Å². The normalized spacial score (nSPS) is 17.3. The molecule has 1 unspecified atom stereocenters. The summed E-state index contributed by atoms with van der Waals surface area (Å²) in [4.78, 5) is 0. The van der Waals surface area contributed by atoms with E-state index in [1.165, 1.54) is 11.1 Å². The average Bonchev–Trinajstić information content (AvgIpc) is 2.53. The maximum atomic E-state index is 9.37. The van der Waals surface area contributed by atoms with Crippen LogP contribution in [0.15, 0.2) is 42.5 Å². The predicted molar refractivity (Wildman–Crippen MR) is 81.7 cm³/mol. The van der Waals surface area contributed by atoms with Crippen molar-refractivity contribution in [2.75, 3.05) is 13.2 Å². The maximum Gasteiger partial charge on any atom is 0.125 e. The fraction of sp³-hybridized carbons (Fsp3) is 0.294. The molecule has 1 N–H and O–H groups in total. The van der Waals surface area contributed by atoms with Gasteiger partial charge in [0, 0.05) is 10.6 Å². The van der Waals surface area contributed by atoms with Crippen LogP contribution in [0, 0.1) is 0 Å². The molecule has 1 heterocycles. The summed E-state index contributed by atoms with van der Waals surface area (Å²) < 4.78 is 11.6. The Morgan fingerprint density at radius 3 is 2.95 bits per heavy atom. The average molecular weight is 305 g/mol. The van der Waals surface area contributed by atoms with Crippen LogP contribution < -0.4 is 4.74 Å². The van der Waals surface area contributed by atoms with Gasteiger partial charge in [-0.1, -0.05) is 35.9 Å². The van der Waals surface area contributed by atoms with Gasteiger partial charge in [-0.25, -0.2) is 0 Å². The molecule has 0 amide bonds. The maximum absolute atomic E-state index is 9.37. The minimum absolute atomic E-state index is 0.0721. The molecule has 3 nitrogen and oxygen atoms in total. The summed E-state index contributed by atoms with van der Waals surface area (Å²) in [7, 11) is 0. The molecule has 1 aliphatic heterocycles. The van der Waals surface area contributed by atoms with Crippen LogP contribution >= 0.6 is 11.6 Å². The van der Waals surface area contributed by atoms with Crippen LogP contribution in [0.3, 0.4) is 0 Å². The van der Waals surface area contributed by atoms with Gasteiger partial charge in [-0.2, -0.15) is 0 Å². The number of hydrogen-bond acceptors (Lipinski definition) is 3. The van der Waals surface area contributed by atoms with Crippen molar-refractivity contribution in [2.45, 2.75) is 19.1 Å². The first-order valence-electron chi connectivity index (χ1n) is 6.99. The van der Waals surface area contributed by atoms with Crippen LogP contribution in [0.2, 0.25) is 5.02 Å². The Hall–Kier alpha value is -1.55. The molecule has 0 radical (unpaired) electrons. The van der Waals surface area contributed by atoms with E-state index in [2.05, 4.69) is 12.1 Å². The lowest BCUT2D eigenvalue weighted by Crippen LogP contribution is -2.21. The number of halogens is 1. The summed E-state index contributed by atoms with van der Waals surface area (Å²) >= 11 is 5.92. The van der Waals surface area contributed by atoms with Crippen molar-refractivity contribution in [1.82, 2.24) is 0 Å². The van der Waals surface area contributed by atoms with E-state index in [1.807, 2.05) is 12.1 Å². The second-order valence-electron chi connectivity index (χ2n) is 5.03. The lowest BCUT2D eigenvalue weighted by Gasteiger charge is -2.26. The van der Waals surface area contributed by atoms with Crippen molar-refractivity contribution in [2.24, 2.45) is 0 Å². The van der Waals surface area contributed by atoms with Gasteiger partial charge in [-0.15, -0.1) is 0 Å². The minimum Gasteiger partial charge on any atom is -0.490 e. The molecule has 0 bridgehead atoms. The minimum atomic E-state index is -0.0992. The predicted octanol–water partition coefficient (Wildman–Crippen LogP) is 3.53. The van der Waals surface area contributed by atoms with Gasteiger partial charge < -0.3 is 14.6 Å². The Morgan fingerprint density at radius 2 is 2.10 bits per heavy atom. The fourth-order valence-electron chi connectivity index (χ4n) is 2.59. The number of hydrogen-bond donors (Lipinski definition) is 1. The van der Waals surface area contributed by atoms with Gasteiger partial charge in [0.2, 0.25) is 0 Å². The zero-order valence-corrected chi connectivity index (χ0v) is 12.3. The molecule has 0 aliphatic carbocycles. The first kappa shape index (κ1) is 14.4. The molecule has 110 valence electrons. The molecule has 0 spiro atoms. The van der Waals surface area contributed by atoms with E-state index in [1.54, 1.807) is 18.2 Å². The molecule has 2 aromatic carbocycles. The SMILES string of the molecule is OCc1cc(Cl)ccc1OCC1OCCc2ccccc21. The van der Waals surface area contributed by atoms with E-state index in [-0.39, 0.29) is 12.7 Å². The number of fused-ring (bicyclic) bond motifs is 1. The number of aliphatic hydroxyl groups is 1. The Bertz CT molecular complexity index is 627. The highest BCUT2D eigenvalue weighted by molar-refractivity contribution is 6.30. The quantitative estimate of drug-likeness (QED) is 0.939. The molecular formula is C17H17ClO3. The van der Waals surface area contributed by atoms with Gasteiger partial charge in [-0.05, 0) is 35.7 Å². The summed E-state index contributed by atoms with van der Waals surface area (Å²) in [6.45, 7) is 1.03. The molecule has 0 aromatic heterocycles. The summed E-state index contributed by atoms with van der Waals surface area (Å²) in [5.74, 6) is 0.647. The molecule has 1 atom stereocenters. The summed E-state index contributed by atoms with van der Waals surface area (Å²) in [6, 6.07) is 13.5. The number of aliphatic hydroxyl groups excluding tert-OH is 1. The third-order valence-electron chi connectivity index (χ3n) is 3.68. The standard InChI is InChI=1S/C17H17ClO3/c18-14-5-6-16(13(9-14)10-19)21-11-17-15-4-2-1-3-12(15)7-8-20-17/h1-6,9,17,19H,7-8,10-11H2. The molecule has 1 aliphatic rings. The number of ether oxygens (including phenoxy) is 2. The van der Waals surface area contributed by atoms with Gasteiger partial charge in [0.1, 0.15) is 18.5 Å². The first-order valence-corrected chi connectivity index (χ1v) is 7.37. The fourth-order valence-corrected chi connectivity index (χ4v) is 2.79. The van der Waals surface area contributed by atoms with Gasteiger partial charge in [0.15, 0.2) is 0 Å². The molecule has 2 aromatic rings. The van der Waals surface area contributed by atoms with Crippen LogP contribution in [0.1, 0.15) is 22.8 Å². The van der Waals surface area contributed by atoms with E-state index in [9.17, 15) is 5.11 Å². The van der Waals surface area contributed by atoms with Crippen LogP contribution in [-0.2, 0) is 17.8 Å². The van der Waals surface area contributed by atoms with Crippen molar-refractivity contribution in [3.8, 4) is 5.75 Å². The topological polar surface area (TPSA) is 38.7 Å². The number of benzene rings is 2. The number of rotatable bonds is 4. The molecule has 4 heteroatoms. The molecule has 0 saturated carbocycles. The third-order valence-corrected chi connectivity index (χ3v) is 3.91. The Kier molecular flexibility index (Phi) is 4.44. The van der Waals surface area contributed by atoms with Crippen molar-refractivity contribution in [1.29, 1.82) is 0 Å². The van der Waals surface area contributed by atoms with E-state index in [0.29, 0.717) is 29.5 Å². The molecule has 3 rings (SSSR count). The van der Waals surface area contributed by atoms with Crippen molar-refractivity contribution in [3.63, 3.8) is 0 Å². The van der Waals surface area contributed by atoms with Gasteiger partial charge in [0.05, 0.1) is 13.2 Å². The van der Waals surface area contributed by atoms with Crippen LogP contribution in [-0.4, -0.2) is 18.3 Å². The van der Waals surface area contributed by atoms with Crippen molar-refractivity contribution >= 4 is 11.6 Å². The van der Waals surface area contributed by atoms with E-state index in [4.69, 9.17) is 21.1 Å². The monoisotopic (exact) mass is 304 g/mol. The summed E-state index contributed by atoms with van der Waals surface area (Å²) in [5.41, 5.74) is 3.19. The van der Waals surface area contributed by atoms with E-state index in [0.717, 1.165) is 6.42 Å². The molecule has 21 heavy (non-hydrogen) atoms. The molecule has 0 saturated heterocycles. The van der Waals surface area contributed by atoms with Gasteiger partial charge in [-0.3, -0.25) is 0 Å². The lowest BCUT2D eigenvalue weighted by atomic mass is 9.98. The zero-order chi connectivity index (χ0) is 14.7. The Balaban J connectivity index is 1.74. The Labute approximate surface area is 129 Å². The van der Waals surface area contributed by atoms with E-state index >= 15 is 0 Å². The largest absolute Gasteiger partial charge is 0.490 e. The smallest absolute Gasteiger partial charge is 0.125 e. The van der Waals surface area contributed by atoms with Gasteiger partial charge >= 0.3 is 0 Å². The van der Waals surface area contributed by atoms with Gasteiger partial charge in [0.25, 0.3) is 0 Å². The molecular weight excluding hydrogens is 288 g/mol.